The number of hydrogen-bond acceptors (Lipinski definition) is 3. The molecule has 0 amide bonds. The van der Waals surface area contributed by atoms with Gasteiger partial charge in [-0.05, 0) is 43.4 Å². The van der Waals surface area contributed by atoms with Crippen LogP contribution in [-0.2, 0) is 0 Å². The Morgan fingerprint density at radius 3 is 1.62 bits per heavy atom. The molecule has 1 aromatic carbocycles. The minimum absolute atomic E-state index is 1.36. The minimum Gasteiger partial charge on any atom is -0.130 e. The van der Waals surface area contributed by atoms with Crippen LogP contribution in [0.1, 0.15) is 5.56 Å². The smallest absolute Gasteiger partial charge is 0.0121 e. The average molecular weight is 230 g/mol. The minimum atomic E-state index is 1.36. The molecule has 0 saturated heterocycles. The molecule has 0 heterocycles. The number of benzene rings is 1. The van der Waals surface area contributed by atoms with Gasteiger partial charge in [-0.1, -0.05) is 0 Å². The van der Waals surface area contributed by atoms with Crippen molar-refractivity contribution in [3.8, 4) is 0 Å². The van der Waals surface area contributed by atoms with Gasteiger partial charge in [0.15, 0.2) is 0 Å². The van der Waals surface area contributed by atoms with Crippen LogP contribution in [0.5, 0.6) is 0 Å². The van der Waals surface area contributed by atoms with Gasteiger partial charge in [-0.2, -0.15) is 0 Å². The summed E-state index contributed by atoms with van der Waals surface area (Å²) in [5.41, 5.74) is 1.41. The molecule has 0 aromatic heterocycles. The molecule has 0 bridgehead atoms. The van der Waals surface area contributed by atoms with Crippen LogP contribution < -0.4 is 0 Å². The third-order valence-electron chi connectivity index (χ3n) is 1.96. The fraction of sp³-hybridized carbons (Fsp3) is 0.400. The topological polar surface area (TPSA) is 0 Å². The van der Waals surface area contributed by atoms with Gasteiger partial charge in [0.25, 0.3) is 0 Å². The van der Waals surface area contributed by atoms with Gasteiger partial charge in [0, 0.05) is 14.7 Å². The summed E-state index contributed by atoms with van der Waals surface area (Å²) in [7, 11) is 0. The maximum Gasteiger partial charge on any atom is 0.0121 e. The highest BCUT2D eigenvalue weighted by molar-refractivity contribution is 8.00. The highest BCUT2D eigenvalue weighted by Gasteiger charge is 2.04. The molecular formula is C10H14S3. The molecule has 0 aliphatic heterocycles. The first-order valence-corrected chi connectivity index (χ1v) is 7.67. The summed E-state index contributed by atoms with van der Waals surface area (Å²) >= 11 is 5.47. The fourth-order valence-electron chi connectivity index (χ4n) is 1.18. The van der Waals surface area contributed by atoms with Crippen molar-refractivity contribution >= 4 is 35.3 Å². The SMILES string of the molecule is CSc1cc(SC)c(C)c(SC)c1. The molecule has 0 aliphatic carbocycles. The first kappa shape index (κ1) is 11.3. The second-order valence-corrected chi connectivity index (χ2v) is 5.23. The Kier molecular flexibility index (Phi) is 4.56. The Balaban J connectivity index is 3.20. The van der Waals surface area contributed by atoms with E-state index in [1.807, 2.05) is 35.3 Å². The van der Waals surface area contributed by atoms with Crippen molar-refractivity contribution in [2.75, 3.05) is 18.8 Å². The molecule has 0 saturated carbocycles. The van der Waals surface area contributed by atoms with E-state index in [0.717, 1.165) is 0 Å². The summed E-state index contributed by atoms with van der Waals surface area (Å²) in [6.07, 6.45) is 6.39. The lowest BCUT2D eigenvalue weighted by Gasteiger charge is -2.09. The van der Waals surface area contributed by atoms with E-state index in [-0.39, 0.29) is 0 Å². The van der Waals surface area contributed by atoms with Gasteiger partial charge in [-0.3, -0.25) is 0 Å². The monoisotopic (exact) mass is 230 g/mol. The number of hydrogen-bond donors (Lipinski definition) is 0. The van der Waals surface area contributed by atoms with Crippen LogP contribution in [0.2, 0.25) is 0 Å². The predicted molar refractivity (Wildman–Crippen MR) is 66.5 cm³/mol. The van der Waals surface area contributed by atoms with Crippen molar-refractivity contribution < 1.29 is 0 Å². The highest BCUT2D eigenvalue weighted by atomic mass is 32.2. The molecule has 1 rings (SSSR count). The van der Waals surface area contributed by atoms with Gasteiger partial charge in [0.1, 0.15) is 0 Å². The van der Waals surface area contributed by atoms with Gasteiger partial charge >= 0.3 is 0 Å². The fourth-order valence-corrected chi connectivity index (χ4v) is 3.19. The number of thioether (sulfide) groups is 3. The molecule has 0 nitrogen and oxygen atoms in total. The summed E-state index contributed by atoms with van der Waals surface area (Å²) in [5, 5.41) is 0. The normalized spacial score (nSPS) is 10.5. The third kappa shape index (κ3) is 2.61. The van der Waals surface area contributed by atoms with Crippen LogP contribution in [0.4, 0.5) is 0 Å². The molecule has 0 spiro atoms. The van der Waals surface area contributed by atoms with E-state index in [2.05, 4.69) is 37.8 Å². The van der Waals surface area contributed by atoms with Gasteiger partial charge in [0.05, 0.1) is 0 Å². The van der Waals surface area contributed by atoms with Crippen molar-refractivity contribution in [3.05, 3.63) is 17.7 Å². The molecule has 72 valence electrons. The Morgan fingerprint density at radius 1 is 0.846 bits per heavy atom. The van der Waals surface area contributed by atoms with Gasteiger partial charge < -0.3 is 0 Å². The van der Waals surface area contributed by atoms with Crippen LogP contribution >= 0.6 is 35.3 Å². The van der Waals surface area contributed by atoms with E-state index in [1.54, 1.807) is 0 Å². The lowest BCUT2D eigenvalue weighted by Crippen LogP contribution is -1.85. The molecule has 0 N–H and O–H groups in total. The zero-order valence-electron chi connectivity index (χ0n) is 8.38. The maximum atomic E-state index is 2.27. The Bertz CT molecular complexity index is 269. The molecule has 0 unspecified atom stereocenters. The average Bonchev–Trinajstić information content (AvgIpc) is 2.18. The Hall–Kier alpha value is 0.270. The molecular weight excluding hydrogens is 216 g/mol. The second-order valence-electron chi connectivity index (χ2n) is 2.66. The summed E-state index contributed by atoms with van der Waals surface area (Å²) in [5.74, 6) is 0. The molecule has 3 heteroatoms. The van der Waals surface area contributed by atoms with Crippen molar-refractivity contribution in [2.45, 2.75) is 21.6 Å². The lowest BCUT2D eigenvalue weighted by molar-refractivity contribution is 1.14. The molecule has 0 aliphatic rings. The highest BCUT2D eigenvalue weighted by Crippen LogP contribution is 2.33. The summed E-state index contributed by atoms with van der Waals surface area (Å²) < 4.78 is 0. The van der Waals surface area contributed by atoms with Crippen molar-refractivity contribution in [2.24, 2.45) is 0 Å². The van der Waals surface area contributed by atoms with Crippen molar-refractivity contribution in [1.29, 1.82) is 0 Å². The van der Waals surface area contributed by atoms with Crippen molar-refractivity contribution in [3.63, 3.8) is 0 Å². The van der Waals surface area contributed by atoms with Crippen LogP contribution in [-0.4, -0.2) is 18.8 Å². The van der Waals surface area contributed by atoms with E-state index >= 15 is 0 Å². The van der Waals surface area contributed by atoms with E-state index in [9.17, 15) is 0 Å². The van der Waals surface area contributed by atoms with Crippen LogP contribution in [0.25, 0.3) is 0 Å². The van der Waals surface area contributed by atoms with E-state index in [0.29, 0.717) is 0 Å². The first-order chi connectivity index (χ1) is 6.22. The van der Waals surface area contributed by atoms with E-state index < -0.39 is 0 Å². The maximum absolute atomic E-state index is 2.27. The largest absolute Gasteiger partial charge is 0.130 e. The molecule has 0 radical (unpaired) electrons. The van der Waals surface area contributed by atoms with Gasteiger partial charge in [-0.25, -0.2) is 0 Å². The third-order valence-corrected chi connectivity index (χ3v) is 4.40. The zero-order valence-corrected chi connectivity index (χ0v) is 10.8. The Labute approximate surface area is 93.3 Å². The van der Waals surface area contributed by atoms with Gasteiger partial charge in [-0.15, -0.1) is 35.3 Å². The summed E-state index contributed by atoms with van der Waals surface area (Å²) in [6.45, 7) is 2.20. The molecule has 0 fully saturated rings. The lowest BCUT2D eigenvalue weighted by atomic mass is 10.2. The van der Waals surface area contributed by atoms with Crippen LogP contribution in [0, 0.1) is 6.92 Å². The summed E-state index contributed by atoms with van der Waals surface area (Å²) in [6, 6.07) is 4.54. The molecule has 0 atom stereocenters. The van der Waals surface area contributed by atoms with E-state index in [4.69, 9.17) is 0 Å². The van der Waals surface area contributed by atoms with Crippen LogP contribution in [0.15, 0.2) is 26.8 Å². The molecule has 1 aromatic rings. The quantitative estimate of drug-likeness (QED) is 0.716. The summed E-state index contributed by atoms with van der Waals surface area (Å²) in [4.78, 5) is 4.16. The van der Waals surface area contributed by atoms with Crippen LogP contribution in [0.3, 0.4) is 0 Å². The van der Waals surface area contributed by atoms with Gasteiger partial charge in [0.2, 0.25) is 0 Å². The number of rotatable bonds is 3. The van der Waals surface area contributed by atoms with Crippen molar-refractivity contribution in [1.82, 2.24) is 0 Å². The Morgan fingerprint density at radius 2 is 1.31 bits per heavy atom. The standard InChI is InChI=1S/C10H14S3/c1-7-9(12-3)5-8(11-2)6-10(7)13-4/h5-6H,1-4H3. The predicted octanol–water partition coefficient (Wildman–Crippen LogP) is 4.16. The molecule has 13 heavy (non-hydrogen) atoms. The second kappa shape index (κ2) is 5.23. The zero-order chi connectivity index (χ0) is 9.84. The first-order valence-electron chi connectivity index (χ1n) is 3.99. The van der Waals surface area contributed by atoms with E-state index in [1.165, 1.54) is 20.2 Å².